The Hall–Kier alpha value is -2.49. The minimum atomic E-state index is -1.53. The molecule has 2 aromatic rings. The molecule has 1 aliphatic heterocycles. The van der Waals surface area contributed by atoms with E-state index in [0.29, 0.717) is 16.9 Å². The molecule has 0 aliphatic carbocycles. The lowest BCUT2D eigenvalue weighted by atomic mass is 9.99. The van der Waals surface area contributed by atoms with Crippen LogP contribution in [0.5, 0.6) is 5.75 Å². The molecule has 0 unspecified atom stereocenters. The molecule has 0 saturated carbocycles. The standard InChI is InChI=1S/C20H22O8/c21-10-15-17(24)18(25)19(26)20(28-15)27-14-4-2-1-3-13(14)12-7-5-11(6-8-12)9-16(22)23/h1-8,15,17-21,24-26H,9-10H2,(H,22,23)/t15-,17-,18-,19+,20+/m1/s1. The van der Waals surface area contributed by atoms with Crippen LogP contribution in [0.4, 0.5) is 0 Å². The minimum Gasteiger partial charge on any atom is -0.481 e. The van der Waals surface area contributed by atoms with Crippen LogP contribution in [-0.2, 0) is 16.0 Å². The minimum absolute atomic E-state index is 0.0801. The predicted molar refractivity (Wildman–Crippen MR) is 97.6 cm³/mol. The van der Waals surface area contributed by atoms with Gasteiger partial charge in [0.05, 0.1) is 13.0 Å². The number of carbonyl (C=O) groups is 1. The molecule has 2 aromatic carbocycles. The van der Waals surface area contributed by atoms with Crippen molar-refractivity contribution in [2.24, 2.45) is 0 Å². The van der Waals surface area contributed by atoms with Gasteiger partial charge in [-0.05, 0) is 17.2 Å². The Labute approximate surface area is 161 Å². The fourth-order valence-electron chi connectivity index (χ4n) is 3.07. The molecule has 5 N–H and O–H groups in total. The molecule has 1 saturated heterocycles. The van der Waals surface area contributed by atoms with E-state index in [1.54, 1.807) is 48.5 Å². The highest BCUT2D eigenvalue weighted by molar-refractivity contribution is 5.73. The Morgan fingerprint density at radius 1 is 0.964 bits per heavy atom. The first-order chi connectivity index (χ1) is 13.4. The van der Waals surface area contributed by atoms with Crippen LogP contribution >= 0.6 is 0 Å². The van der Waals surface area contributed by atoms with Gasteiger partial charge in [0.15, 0.2) is 0 Å². The van der Waals surface area contributed by atoms with E-state index in [1.165, 1.54) is 0 Å². The topological polar surface area (TPSA) is 137 Å². The van der Waals surface area contributed by atoms with Crippen LogP contribution in [0.15, 0.2) is 48.5 Å². The SMILES string of the molecule is O=C(O)Cc1ccc(-c2ccccc2O[C@H]2O[C@H](CO)[C@@H](O)[C@@H](O)[C@@H]2O)cc1. The summed E-state index contributed by atoms with van der Waals surface area (Å²) in [5, 5.41) is 48.1. The summed E-state index contributed by atoms with van der Waals surface area (Å²) in [6.07, 6.45) is -6.93. The van der Waals surface area contributed by atoms with Crippen molar-refractivity contribution in [1.29, 1.82) is 0 Å². The van der Waals surface area contributed by atoms with Crippen molar-refractivity contribution >= 4 is 5.97 Å². The third-order valence-corrected chi connectivity index (χ3v) is 4.60. The van der Waals surface area contributed by atoms with Gasteiger partial charge in [-0.1, -0.05) is 42.5 Å². The first-order valence-corrected chi connectivity index (χ1v) is 8.78. The number of aliphatic hydroxyl groups is 4. The molecule has 5 atom stereocenters. The molecule has 0 amide bonds. The van der Waals surface area contributed by atoms with E-state index in [4.69, 9.17) is 14.6 Å². The third-order valence-electron chi connectivity index (χ3n) is 4.60. The van der Waals surface area contributed by atoms with E-state index in [1.807, 2.05) is 0 Å². The monoisotopic (exact) mass is 390 g/mol. The zero-order valence-electron chi connectivity index (χ0n) is 14.9. The summed E-state index contributed by atoms with van der Waals surface area (Å²) in [5.41, 5.74) is 2.08. The Bertz CT molecular complexity index is 804. The lowest BCUT2D eigenvalue weighted by Gasteiger charge is -2.39. The van der Waals surface area contributed by atoms with Gasteiger partial charge in [-0.15, -0.1) is 0 Å². The van der Waals surface area contributed by atoms with Gasteiger partial charge in [0.1, 0.15) is 30.2 Å². The van der Waals surface area contributed by atoms with E-state index in [2.05, 4.69) is 0 Å². The van der Waals surface area contributed by atoms with Crippen molar-refractivity contribution in [3.63, 3.8) is 0 Å². The molecule has 8 nitrogen and oxygen atoms in total. The van der Waals surface area contributed by atoms with Gasteiger partial charge in [0.25, 0.3) is 0 Å². The van der Waals surface area contributed by atoms with Crippen molar-refractivity contribution in [2.45, 2.75) is 37.1 Å². The number of ether oxygens (including phenoxy) is 2. The summed E-state index contributed by atoms with van der Waals surface area (Å²) < 4.78 is 11.1. The van der Waals surface area contributed by atoms with Crippen molar-refractivity contribution in [3.05, 3.63) is 54.1 Å². The lowest BCUT2D eigenvalue weighted by molar-refractivity contribution is -0.277. The van der Waals surface area contributed by atoms with Gasteiger partial charge >= 0.3 is 5.97 Å². The Kier molecular flexibility index (Phi) is 6.28. The van der Waals surface area contributed by atoms with E-state index < -0.39 is 43.3 Å². The average Bonchev–Trinajstić information content (AvgIpc) is 2.69. The number of hydrogen-bond donors (Lipinski definition) is 5. The van der Waals surface area contributed by atoms with Crippen LogP contribution in [0.3, 0.4) is 0 Å². The number of rotatable bonds is 6. The van der Waals surface area contributed by atoms with Crippen LogP contribution in [0.1, 0.15) is 5.56 Å². The maximum absolute atomic E-state index is 10.8. The molecule has 0 radical (unpaired) electrons. The number of aliphatic carboxylic acids is 1. The second-order valence-electron chi connectivity index (χ2n) is 6.58. The van der Waals surface area contributed by atoms with Crippen molar-refractivity contribution in [2.75, 3.05) is 6.61 Å². The summed E-state index contributed by atoms with van der Waals surface area (Å²) in [6, 6.07) is 13.9. The van der Waals surface area contributed by atoms with Crippen LogP contribution in [-0.4, -0.2) is 68.8 Å². The van der Waals surface area contributed by atoms with Crippen molar-refractivity contribution < 1.29 is 39.8 Å². The lowest BCUT2D eigenvalue weighted by Crippen LogP contribution is -2.60. The van der Waals surface area contributed by atoms with E-state index in [0.717, 1.165) is 5.56 Å². The molecule has 0 bridgehead atoms. The second-order valence-corrected chi connectivity index (χ2v) is 6.58. The fraction of sp³-hybridized carbons (Fsp3) is 0.350. The zero-order chi connectivity index (χ0) is 20.3. The smallest absolute Gasteiger partial charge is 0.307 e. The molecule has 150 valence electrons. The molecule has 1 aliphatic rings. The quantitative estimate of drug-likeness (QED) is 0.470. The predicted octanol–water partition coefficient (Wildman–Crippen LogP) is 0.159. The van der Waals surface area contributed by atoms with Crippen LogP contribution < -0.4 is 4.74 Å². The third kappa shape index (κ3) is 4.32. The normalized spacial score (nSPS) is 27.4. The molecule has 8 heteroatoms. The summed E-state index contributed by atoms with van der Waals surface area (Å²) in [4.78, 5) is 10.8. The first-order valence-electron chi connectivity index (χ1n) is 8.78. The van der Waals surface area contributed by atoms with Gasteiger partial charge in [-0.25, -0.2) is 0 Å². The highest BCUT2D eigenvalue weighted by Gasteiger charge is 2.44. The van der Waals surface area contributed by atoms with Gasteiger partial charge in [-0.2, -0.15) is 0 Å². The van der Waals surface area contributed by atoms with E-state index >= 15 is 0 Å². The van der Waals surface area contributed by atoms with Crippen LogP contribution in [0, 0.1) is 0 Å². The molecule has 1 heterocycles. The summed E-state index contributed by atoms with van der Waals surface area (Å²) >= 11 is 0. The van der Waals surface area contributed by atoms with Gasteiger partial charge in [0, 0.05) is 5.56 Å². The molecule has 1 fully saturated rings. The Morgan fingerprint density at radius 2 is 1.64 bits per heavy atom. The zero-order valence-corrected chi connectivity index (χ0v) is 14.9. The maximum Gasteiger partial charge on any atom is 0.307 e. The molecule has 3 rings (SSSR count). The van der Waals surface area contributed by atoms with Crippen molar-refractivity contribution in [3.8, 4) is 16.9 Å². The second kappa shape index (κ2) is 8.68. The van der Waals surface area contributed by atoms with Crippen molar-refractivity contribution in [1.82, 2.24) is 0 Å². The van der Waals surface area contributed by atoms with Crippen LogP contribution in [0.25, 0.3) is 11.1 Å². The largest absolute Gasteiger partial charge is 0.481 e. The summed E-state index contributed by atoms with van der Waals surface area (Å²) in [6.45, 7) is -0.544. The highest BCUT2D eigenvalue weighted by Crippen LogP contribution is 2.33. The summed E-state index contributed by atoms with van der Waals surface area (Å²) in [7, 11) is 0. The number of para-hydroxylation sites is 1. The first kappa shape index (κ1) is 20.2. The highest BCUT2D eigenvalue weighted by atomic mass is 16.7. The Balaban J connectivity index is 1.83. The van der Waals surface area contributed by atoms with Crippen LogP contribution in [0.2, 0.25) is 0 Å². The number of carboxylic acid groups (broad SMARTS) is 1. The van der Waals surface area contributed by atoms with Gasteiger partial charge in [-0.3, -0.25) is 4.79 Å². The van der Waals surface area contributed by atoms with E-state index in [9.17, 15) is 25.2 Å². The number of benzene rings is 2. The molecule has 0 aromatic heterocycles. The fourth-order valence-corrected chi connectivity index (χ4v) is 3.07. The average molecular weight is 390 g/mol. The molecular formula is C20H22O8. The Morgan fingerprint density at radius 3 is 2.29 bits per heavy atom. The van der Waals surface area contributed by atoms with E-state index in [-0.39, 0.29) is 6.42 Å². The summed E-state index contributed by atoms with van der Waals surface area (Å²) in [5.74, 6) is -0.558. The molecule has 28 heavy (non-hydrogen) atoms. The number of carboxylic acids is 1. The molecule has 0 spiro atoms. The maximum atomic E-state index is 10.8. The molecular weight excluding hydrogens is 368 g/mol. The van der Waals surface area contributed by atoms with Gasteiger partial charge in [0.2, 0.25) is 6.29 Å². The van der Waals surface area contributed by atoms with Gasteiger partial charge < -0.3 is 35.0 Å². The number of hydrogen-bond acceptors (Lipinski definition) is 7. The number of aliphatic hydroxyl groups excluding tert-OH is 4.